The lowest BCUT2D eigenvalue weighted by Crippen LogP contribution is -2.10. The van der Waals surface area contributed by atoms with Crippen molar-refractivity contribution >= 4 is 33.8 Å². The molecule has 0 aliphatic carbocycles. The fourth-order valence-corrected chi connectivity index (χ4v) is 1.63. The van der Waals surface area contributed by atoms with E-state index in [9.17, 15) is 10.1 Å². The molecule has 0 atom stereocenters. The van der Waals surface area contributed by atoms with E-state index in [0.717, 1.165) is 4.68 Å². The van der Waals surface area contributed by atoms with E-state index in [-0.39, 0.29) is 11.6 Å². The topological polar surface area (TPSA) is 124 Å². The molecule has 19 heavy (non-hydrogen) atoms. The first kappa shape index (κ1) is 13.0. The molecule has 0 fully saturated rings. The van der Waals surface area contributed by atoms with E-state index in [4.69, 9.17) is 5.84 Å². The molecule has 9 nitrogen and oxygen atoms in total. The fraction of sp³-hybridized carbons (Fsp3) is 0. The molecule has 2 aromatic rings. The Morgan fingerprint density at radius 3 is 3.00 bits per heavy atom. The minimum atomic E-state index is -0.481. The van der Waals surface area contributed by atoms with Gasteiger partial charge in [0.2, 0.25) is 0 Å². The molecule has 0 spiro atoms. The zero-order valence-electron chi connectivity index (χ0n) is 9.39. The molecule has 3 N–H and O–H groups in total. The number of nitro groups is 1. The van der Waals surface area contributed by atoms with Crippen LogP contribution in [-0.2, 0) is 0 Å². The molecule has 1 aromatic heterocycles. The summed E-state index contributed by atoms with van der Waals surface area (Å²) in [6.07, 6.45) is 2.72. The number of nitro benzene ring substituents is 1. The number of rotatable bonds is 4. The quantitative estimate of drug-likeness (QED) is 0.375. The lowest BCUT2D eigenvalue weighted by Gasteiger charge is -1.99. The summed E-state index contributed by atoms with van der Waals surface area (Å²) < 4.78 is 1.56. The maximum absolute atomic E-state index is 10.8. The van der Waals surface area contributed by atoms with Crippen LogP contribution in [0.4, 0.5) is 11.6 Å². The Balaban J connectivity index is 2.13. The molecule has 98 valence electrons. The lowest BCUT2D eigenvalue weighted by molar-refractivity contribution is -0.385. The van der Waals surface area contributed by atoms with Crippen LogP contribution in [0.5, 0.6) is 0 Å². The highest BCUT2D eigenvalue weighted by atomic mass is 79.9. The van der Waals surface area contributed by atoms with Crippen molar-refractivity contribution in [1.82, 2.24) is 14.9 Å². The smallest absolute Gasteiger partial charge is 0.284 e. The molecule has 0 saturated heterocycles. The van der Waals surface area contributed by atoms with Crippen molar-refractivity contribution in [2.24, 2.45) is 5.10 Å². The largest absolute Gasteiger partial charge is 0.335 e. The summed E-state index contributed by atoms with van der Waals surface area (Å²) in [6.45, 7) is 0. The van der Waals surface area contributed by atoms with Gasteiger partial charge in [0.25, 0.3) is 11.6 Å². The van der Waals surface area contributed by atoms with Crippen molar-refractivity contribution in [2.45, 2.75) is 0 Å². The average molecular weight is 326 g/mol. The van der Waals surface area contributed by atoms with E-state index in [0.29, 0.717) is 10.0 Å². The number of halogens is 1. The molecule has 0 unspecified atom stereocenters. The number of hydrogen-bond acceptors (Lipinski definition) is 7. The molecule has 1 heterocycles. The predicted octanol–water partition coefficient (Wildman–Crippen LogP) is 1.11. The molecule has 0 radical (unpaired) electrons. The average Bonchev–Trinajstić information content (AvgIpc) is 2.77. The Kier molecular flexibility index (Phi) is 3.71. The third kappa shape index (κ3) is 3.04. The highest BCUT2D eigenvalue weighted by molar-refractivity contribution is 9.10. The molecule has 10 heteroatoms. The summed E-state index contributed by atoms with van der Waals surface area (Å²) in [5.41, 5.74) is 3.08. The monoisotopic (exact) mass is 325 g/mol. The second kappa shape index (κ2) is 5.44. The van der Waals surface area contributed by atoms with Gasteiger partial charge in [0, 0.05) is 11.6 Å². The Hall–Kier alpha value is -2.49. The van der Waals surface area contributed by atoms with Crippen molar-refractivity contribution in [3.05, 3.63) is 44.7 Å². The first-order chi connectivity index (χ1) is 9.08. The molecule has 0 bridgehead atoms. The number of nitrogens with two attached hydrogens (primary N) is 1. The number of hydrazone groups is 1. The summed E-state index contributed by atoms with van der Waals surface area (Å²) in [5.74, 6) is 5.72. The van der Waals surface area contributed by atoms with Gasteiger partial charge in [0.15, 0.2) is 0 Å². The van der Waals surface area contributed by atoms with E-state index in [1.54, 1.807) is 12.1 Å². The molecule has 2 rings (SSSR count). The zero-order chi connectivity index (χ0) is 13.8. The third-order valence-electron chi connectivity index (χ3n) is 2.12. The van der Waals surface area contributed by atoms with Gasteiger partial charge in [-0.25, -0.2) is 10.1 Å². The van der Waals surface area contributed by atoms with Gasteiger partial charge >= 0.3 is 0 Å². The van der Waals surface area contributed by atoms with E-state index < -0.39 is 4.92 Å². The van der Waals surface area contributed by atoms with E-state index in [1.807, 2.05) is 0 Å². The fourth-order valence-electron chi connectivity index (χ4n) is 1.24. The Bertz CT molecular complexity index is 639. The van der Waals surface area contributed by atoms with Gasteiger partial charge in [0.05, 0.1) is 15.6 Å². The molecule has 0 amide bonds. The van der Waals surface area contributed by atoms with Crippen LogP contribution in [0.1, 0.15) is 5.56 Å². The van der Waals surface area contributed by atoms with Crippen LogP contribution >= 0.6 is 15.9 Å². The Labute approximate surface area is 115 Å². The number of nitrogen functional groups attached to an aromatic ring is 1. The van der Waals surface area contributed by atoms with Crippen molar-refractivity contribution < 1.29 is 4.92 Å². The zero-order valence-corrected chi connectivity index (χ0v) is 11.0. The Morgan fingerprint density at radius 2 is 2.37 bits per heavy atom. The van der Waals surface area contributed by atoms with Gasteiger partial charge in [-0.05, 0) is 22.0 Å². The number of nitrogens with one attached hydrogen (secondary N) is 1. The van der Waals surface area contributed by atoms with Gasteiger partial charge in [-0.1, -0.05) is 6.07 Å². The van der Waals surface area contributed by atoms with Crippen molar-refractivity contribution in [3.63, 3.8) is 0 Å². The van der Waals surface area contributed by atoms with Crippen LogP contribution in [0.3, 0.4) is 0 Å². The number of nitrogens with zero attached hydrogens (tertiary/aromatic N) is 5. The third-order valence-corrected chi connectivity index (χ3v) is 2.79. The van der Waals surface area contributed by atoms with Crippen LogP contribution < -0.4 is 11.3 Å². The Morgan fingerprint density at radius 1 is 1.58 bits per heavy atom. The molecule has 0 aliphatic heterocycles. The van der Waals surface area contributed by atoms with Crippen LogP contribution in [0.25, 0.3) is 0 Å². The summed E-state index contributed by atoms with van der Waals surface area (Å²) in [6, 6.07) is 4.64. The SMILES string of the molecule is Nn1cnnc1N/N=C\c1ccc(Br)c([N+](=O)[O-])c1. The van der Waals surface area contributed by atoms with Crippen LogP contribution in [0.2, 0.25) is 0 Å². The second-order valence-corrected chi connectivity index (χ2v) is 4.25. The summed E-state index contributed by atoms with van der Waals surface area (Å²) in [5, 5.41) is 21.8. The van der Waals surface area contributed by atoms with E-state index in [1.165, 1.54) is 18.6 Å². The van der Waals surface area contributed by atoms with Crippen molar-refractivity contribution in [1.29, 1.82) is 0 Å². The molecular formula is C9H8BrN7O2. The van der Waals surface area contributed by atoms with Crippen LogP contribution in [-0.4, -0.2) is 26.0 Å². The molecular weight excluding hydrogens is 318 g/mol. The van der Waals surface area contributed by atoms with Gasteiger partial charge in [0.1, 0.15) is 6.33 Å². The predicted molar refractivity (Wildman–Crippen MR) is 72.2 cm³/mol. The summed E-state index contributed by atoms with van der Waals surface area (Å²) in [4.78, 5) is 10.3. The molecule has 0 aliphatic rings. The van der Waals surface area contributed by atoms with E-state index in [2.05, 4.69) is 36.7 Å². The second-order valence-electron chi connectivity index (χ2n) is 3.40. The first-order valence-electron chi connectivity index (χ1n) is 4.96. The lowest BCUT2D eigenvalue weighted by atomic mass is 10.2. The highest BCUT2D eigenvalue weighted by Gasteiger charge is 2.11. The van der Waals surface area contributed by atoms with Crippen LogP contribution in [0.15, 0.2) is 34.1 Å². The normalized spacial score (nSPS) is 10.8. The maximum Gasteiger partial charge on any atom is 0.284 e. The van der Waals surface area contributed by atoms with E-state index >= 15 is 0 Å². The molecule has 0 saturated carbocycles. The van der Waals surface area contributed by atoms with Crippen LogP contribution in [0, 0.1) is 10.1 Å². The van der Waals surface area contributed by atoms with Crippen molar-refractivity contribution in [3.8, 4) is 0 Å². The number of anilines is 1. The van der Waals surface area contributed by atoms with Crippen molar-refractivity contribution in [2.75, 3.05) is 11.3 Å². The summed E-state index contributed by atoms with van der Waals surface area (Å²) >= 11 is 3.10. The van der Waals surface area contributed by atoms with Gasteiger partial charge < -0.3 is 5.84 Å². The minimum Gasteiger partial charge on any atom is -0.335 e. The number of hydrogen-bond donors (Lipinski definition) is 2. The summed E-state index contributed by atoms with van der Waals surface area (Å²) in [7, 11) is 0. The van der Waals surface area contributed by atoms with Gasteiger partial charge in [-0.2, -0.15) is 5.10 Å². The standard InChI is InChI=1S/C9H8BrN7O2/c10-7-2-1-6(3-8(7)17(18)19)4-12-14-9-15-13-5-16(9)11/h1-5H,11H2,(H,14,15)/b12-4-. The number of benzene rings is 1. The first-order valence-corrected chi connectivity index (χ1v) is 5.75. The minimum absolute atomic E-state index is 0.0362. The van der Waals surface area contributed by atoms with Gasteiger partial charge in [-0.3, -0.25) is 10.1 Å². The number of aromatic nitrogens is 3. The highest BCUT2D eigenvalue weighted by Crippen LogP contribution is 2.24. The van der Waals surface area contributed by atoms with Gasteiger partial charge in [-0.15, -0.1) is 10.2 Å². The maximum atomic E-state index is 10.8. The molecule has 1 aromatic carbocycles.